The second-order valence-corrected chi connectivity index (χ2v) is 9.95. The van der Waals surface area contributed by atoms with Crippen molar-refractivity contribution in [3.8, 4) is 17.8 Å². The van der Waals surface area contributed by atoms with E-state index in [-0.39, 0.29) is 47.2 Å². The van der Waals surface area contributed by atoms with Crippen LogP contribution in [0.4, 0.5) is 5.69 Å². The van der Waals surface area contributed by atoms with E-state index in [1.165, 1.54) is 21.3 Å². The summed E-state index contributed by atoms with van der Waals surface area (Å²) in [6, 6.07) is 1.94. The van der Waals surface area contributed by atoms with E-state index >= 15 is 0 Å². The average Bonchev–Trinajstić information content (AvgIpc) is 2.97. The molecule has 4 heterocycles. The van der Waals surface area contributed by atoms with E-state index in [2.05, 4.69) is 20.4 Å². The Hall–Kier alpha value is -4.16. The summed E-state index contributed by atoms with van der Waals surface area (Å²) in [6.07, 6.45) is 2.81. The van der Waals surface area contributed by atoms with Crippen molar-refractivity contribution < 1.29 is 19.7 Å². The Labute approximate surface area is 238 Å². The molecule has 4 rings (SSSR count). The molecule has 0 saturated carbocycles. The van der Waals surface area contributed by atoms with Crippen LogP contribution in [0.5, 0.6) is 11.8 Å². The summed E-state index contributed by atoms with van der Waals surface area (Å²) in [5.74, 6) is -0.677. The highest BCUT2D eigenvalue weighted by molar-refractivity contribution is 5.70. The summed E-state index contributed by atoms with van der Waals surface area (Å²) in [7, 11) is 0. The maximum absolute atomic E-state index is 13.4. The standard InChI is InChI=1S/C29H34N6O6/c1-20-22(26(36)34(28(38)24(20)19-30)9-7-32-11-15-40-16-12-32)5-4-6-23-21(2)25(31-3)29(39)35(27(23)37)10-8-33-13-17-41-18-14-33/h5-6,36,39H,7-18H2,1-2H3. The first kappa shape index (κ1) is 29.8. The van der Waals surface area contributed by atoms with Crippen molar-refractivity contribution in [3.05, 3.63) is 65.7 Å². The van der Waals surface area contributed by atoms with Gasteiger partial charge in [0.15, 0.2) is 5.88 Å². The first-order chi connectivity index (χ1) is 19.8. The molecule has 0 aromatic carbocycles. The van der Waals surface area contributed by atoms with Crippen LogP contribution in [0.2, 0.25) is 0 Å². The molecule has 12 nitrogen and oxygen atoms in total. The van der Waals surface area contributed by atoms with Gasteiger partial charge >= 0.3 is 0 Å². The highest BCUT2D eigenvalue weighted by atomic mass is 16.5. The lowest BCUT2D eigenvalue weighted by Gasteiger charge is -2.27. The molecule has 2 aromatic rings. The molecule has 2 aliphatic rings. The van der Waals surface area contributed by atoms with E-state index in [0.29, 0.717) is 76.8 Å². The van der Waals surface area contributed by atoms with Gasteiger partial charge in [-0.25, -0.2) is 4.85 Å². The number of aromatic hydroxyl groups is 2. The van der Waals surface area contributed by atoms with Crippen LogP contribution in [0.3, 0.4) is 0 Å². The summed E-state index contributed by atoms with van der Waals surface area (Å²) >= 11 is 0. The minimum atomic E-state index is -0.573. The summed E-state index contributed by atoms with van der Waals surface area (Å²) < 4.78 is 13.1. The fourth-order valence-corrected chi connectivity index (χ4v) is 5.03. The predicted molar refractivity (Wildman–Crippen MR) is 152 cm³/mol. The third-order valence-corrected chi connectivity index (χ3v) is 7.60. The van der Waals surface area contributed by atoms with Gasteiger partial charge < -0.3 is 19.7 Å². The van der Waals surface area contributed by atoms with Gasteiger partial charge in [0, 0.05) is 63.5 Å². The van der Waals surface area contributed by atoms with Crippen molar-refractivity contribution in [2.75, 3.05) is 65.7 Å². The molecule has 2 saturated heterocycles. The van der Waals surface area contributed by atoms with Crippen LogP contribution in [0.1, 0.15) is 27.8 Å². The summed E-state index contributed by atoms with van der Waals surface area (Å²) in [5, 5.41) is 31.4. The molecular weight excluding hydrogens is 528 g/mol. The quantitative estimate of drug-likeness (QED) is 0.362. The van der Waals surface area contributed by atoms with Gasteiger partial charge in [0.25, 0.3) is 11.1 Å². The minimum absolute atomic E-state index is 0.0258. The monoisotopic (exact) mass is 562 g/mol. The molecule has 2 fully saturated rings. The van der Waals surface area contributed by atoms with Crippen LogP contribution in [-0.4, -0.2) is 94.8 Å². The molecule has 2 aromatic heterocycles. The van der Waals surface area contributed by atoms with Crippen molar-refractivity contribution in [3.63, 3.8) is 0 Å². The van der Waals surface area contributed by atoms with Crippen LogP contribution in [-0.2, 0) is 22.6 Å². The number of morpholine rings is 2. The molecule has 0 unspecified atom stereocenters. The van der Waals surface area contributed by atoms with Gasteiger partial charge in [-0.15, -0.1) is 5.73 Å². The van der Waals surface area contributed by atoms with Crippen LogP contribution < -0.4 is 11.1 Å². The molecule has 0 amide bonds. The van der Waals surface area contributed by atoms with Gasteiger partial charge in [-0.1, -0.05) is 0 Å². The summed E-state index contributed by atoms with van der Waals surface area (Å²) in [5.41, 5.74) is 2.75. The van der Waals surface area contributed by atoms with E-state index in [1.807, 2.05) is 6.07 Å². The molecule has 0 bridgehead atoms. The lowest BCUT2D eigenvalue weighted by atomic mass is 10.0. The zero-order valence-corrected chi connectivity index (χ0v) is 23.4. The molecule has 12 heteroatoms. The molecular formula is C29H34N6O6. The summed E-state index contributed by atoms with van der Waals surface area (Å²) in [6.45, 7) is 17.3. The van der Waals surface area contributed by atoms with Gasteiger partial charge in [-0.2, -0.15) is 5.26 Å². The number of nitrogens with zero attached hydrogens (tertiary/aromatic N) is 6. The predicted octanol–water partition coefficient (Wildman–Crippen LogP) is 1.45. The molecule has 2 N–H and O–H groups in total. The molecule has 41 heavy (non-hydrogen) atoms. The van der Waals surface area contributed by atoms with Crippen LogP contribution in [0.15, 0.2) is 15.3 Å². The first-order valence-corrected chi connectivity index (χ1v) is 13.5. The maximum Gasteiger partial charge on any atom is 0.271 e. The molecule has 0 spiro atoms. The number of nitriles is 1. The number of hydrogen-bond donors (Lipinski definition) is 2. The van der Waals surface area contributed by atoms with Crippen LogP contribution in [0.25, 0.3) is 17.0 Å². The number of pyridine rings is 2. The maximum atomic E-state index is 13.4. The average molecular weight is 563 g/mol. The Balaban J connectivity index is 1.70. The minimum Gasteiger partial charge on any atom is -0.503 e. The second kappa shape index (κ2) is 13.5. The van der Waals surface area contributed by atoms with Crippen molar-refractivity contribution in [2.45, 2.75) is 26.9 Å². The lowest BCUT2D eigenvalue weighted by Crippen LogP contribution is -2.39. The van der Waals surface area contributed by atoms with Crippen molar-refractivity contribution in [1.29, 1.82) is 5.26 Å². The van der Waals surface area contributed by atoms with Crippen molar-refractivity contribution in [2.24, 2.45) is 0 Å². The number of hydrogen-bond acceptors (Lipinski definition) is 9. The molecule has 0 aliphatic carbocycles. The van der Waals surface area contributed by atoms with Crippen LogP contribution in [0, 0.1) is 31.8 Å². The van der Waals surface area contributed by atoms with Crippen molar-refractivity contribution in [1.82, 2.24) is 18.9 Å². The number of aromatic nitrogens is 2. The highest BCUT2D eigenvalue weighted by Crippen LogP contribution is 2.31. The zero-order chi connectivity index (χ0) is 29.5. The second-order valence-electron chi connectivity index (χ2n) is 9.95. The van der Waals surface area contributed by atoms with Gasteiger partial charge in [-0.3, -0.25) is 28.5 Å². The molecule has 0 atom stereocenters. The van der Waals surface area contributed by atoms with Crippen LogP contribution >= 0.6 is 0 Å². The Morgan fingerprint density at radius 3 is 1.85 bits per heavy atom. The fraction of sp³-hybridized carbons (Fsp3) is 0.483. The Morgan fingerprint density at radius 1 is 0.829 bits per heavy atom. The lowest BCUT2D eigenvalue weighted by molar-refractivity contribution is 0.0359. The van der Waals surface area contributed by atoms with Gasteiger partial charge in [0.05, 0.1) is 33.0 Å². The number of rotatable bonds is 8. The highest BCUT2D eigenvalue weighted by Gasteiger charge is 2.21. The smallest absolute Gasteiger partial charge is 0.271 e. The fourth-order valence-electron chi connectivity index (χ4n) is 5.03. The van der Waals surface area contributed by atoms with E-state index in [9.17, 15) is 25.1 Å². The van der Waals surface area contributed by atoms with E-state index in [1.54, 1.807) is 13.8 Å². The molecule has 216 valence electrons. The molecule has 2 aliphatic heterocycles. The summed E-state index contributed by atoms with van der Waals surface area (Å²) in [4.78, 5) is 34.0. The normalized spacial score (nSPS) is 16.0. The zero-order valence-electron chi connectivity index (χ0n) is 23.4. The topological polar surface area (TPSA) is 138 Å². The third kappa shape index (κ3) is 6.44. The Morgan fingerprint density at radius 2 is 1.34 bits per heavy atom. The molecule has 0 radical (unpaired) electrons. The van der Waals surface area contributed by atoms with E-state index in [0.717, 1.165) is 0 Å². The van der Waals surface area contributed by atoms with E-state index < -0.39 is 11.1 Å². The third-order valence-electron chi connectivity index (χ3n) is 7.60. The SMILES string of the molecule is [C-]#[N+]c1c(C)c(C=C=Cc2c(C)c(C#N)c(=O)n(CCN3CCOCC3)c2O)c(=O)n(CCN2CCOCC2)c1O. The Kier molecular flexibility index (Phi) is 9.79. The van der Waals surface area contributed by atoms with Gasteiger partial charge in [0.2, 0.25) is 11.6 Å². The van der Waals surface area contributed by atoms with Gasteiger partial charge in [0.1, 0.15) is 11.6 Å². The van der Waals surface area contributed by atoms with Crippen molar-refractivity contribution >= 4 is 17.8 Å². The first-order valence-electron chi connectivity index (χ1n) is 13.5. The number of ether oxygens (including phenoxy) is 2. The Bertz CT molecular complexity index is 1560. The van der Waals surface area contributed by atoms with Gasteiger partial charge in [-0.05, 0) is 37.1 Å². The van der Waals surface area contributed by atoms with E-state index in [4.69, 9.17) is 16.0 Å². The largest absolute Gasteiger partial charge is 0.503 e.